The first kappa shape index (κ1) is 15.5. The summed E-state index contributed by atoms with van der Waals surface area (Å²) in [6.07, 6.45) is 0.0251. The van der Waals surface area contributed by atoms with Gasteiger partial charge in [-0.3, -0.25) is 9.59 Å². The smallest absolute Gasteiger partial charge is 0.307 e. The van der Waals surface area contributed by atoms with Crippen LogP contribution in [0.3, 0.4) is 0 Å². The van der Waals surface area contributed by atoms with Crippen LogP contribution in [0, 0.1) is 0 Å². The molecule has 6 heteroatoms. The van der Waals surface area contributed by atoms with E-state index >= 15 is 0 Å². The van der Waals surface area contributed by atoms with Gasteiger partial charge in [0.05, 0.1) is 24.4 Å². The van der Waals surface area contributed by atoms with E-state index in [-0.39, 0.29) is 12.3 Å². The third kappa shape index (κ3) is 4.06. The Morgan fingerprint density at radius 3 is 2.67 bits per heavy atom. The number of ether oxygens (including phenoxy) is 1. The van der Waals surface area contributed by atoms with Gasteiger partial charge in [0, 0.05) is 5.02 Å². The molecule has 1 aromatic heterocycles. The molecule has 0 bridgehead atoms. The minimum Gasteiger partial charge on any atom is -0.469 e. The number of carbonyl (C=O) groups excluding carboxylic acids is 2. The summed E-state index contributed by atoms with van der Waals surface area (Å²) in [7, 11) is 1.31. The predicted molar refractivity (Wildman–Crippen MR) is 82.6 cm³/mol. The molecular formula is C15H14ClNO3S. The first-order valence-corrected chi connectivity index (χ1v) is 7.53. The maximum atomic E-state index is 12.2. The second kappa shape index (κ2) is 7.24. The van der Waals surface area contributed by atoms with Gasteiger partial charge in [0.1, 0.15) is 0 Å². The van der Waals surface area contributed by atoms with Crippen molar-refractivity contribution in [1.29, 1.82) is 0 Å². The Bertz CT molecular complexity index is 628. The molecule has 4 nitrogen and oxygen atoms in total. The van der Waals surface area contributed by atoms with Gasteiger partial charge in [0.2, 0.25) is 0 Å². The number of halogens is 1. The summed E-state index contributed by atoms with van der Waals surface area (Å²) in [4.78, 5) is 24.3. The van der Waals surface area contributed by atoms with Crippen LogP contribution in [0.1, 0.15) is 27.7 Å². The molecule has 0 aliphatic carbocycles. The predicted octanol–water partition coefficient (Wildman–Crippen LogP) is 3.44. The molecule has 110 valence electrons. The lowest BCUT2D eigenvalue weighted by Gasteiger charge is -2.19. The van der Waals surface area contributed by atoms with Gasteiger partial charge in [-0.05, 0) is 23.1 Å². The van der Waals surface area contributed by atoms with E-state index in [4.69, 9.17) is 11.6 Å². The molecule has 1 N–H and O–H groups in total. The number of nitrogens with one attached hydrogen (secondary N) is 1. The minimum atomic E-state index is -0.527. The van der Waals surface area contributed by atoms with Crippen molar-refractivity contribution in [2.45, 2.75) is 12.5 Å². The van der Waals surface area contributed by atoms with Gasteiger partial charge in [0.15, 0.2) is 0 Å². The van der Waals surface area contributed by atoms with Crippen LogP contribution in [0.2, 0.25) is 5.02 Å². The average molecular weight is 324 g/mol. The highest BCUT2D eigenvalue weighted by molar-refractivity contribution is 7.12. The zero-order chi connectivity index (χ0) is 15.2. The van der Waals surface area contributed by atoms with E-state index in [1.165, 1.54) is 18.4 Å². The number of methoxy groups -OCH3 is 1. The Hall–Kier alpha value is -1.85. The van der Waals surface area contributed by atoms with E-state index in [9.17, 15) is 9.59 Å². The van der Waals surface area contributed by atoms with Gasteiger partial charge < -0.3 is 10.1 Å². The molecule has 0 saturated carbocycles. The Morgan fingerprint density at radius 2 is 2.05 bits per heavy atom. The van der Waals surface area contributed by atoms with E-state index < -0.39 is 12.0 Å². The zero-order valence-electron chi connectivity index (χ0n) is 11.3. The number of rotatable bonds is 5. The molecule has 21 heavy (non-hydrogen) atoms. The monoisotopic (exact) mass is 323 g/mol. The summed E-state index contributed by atoms with van der Waals surface area (Å²) >= 11 is 7.49. The van der Waals surface area contributed by atoms with Crippen LogP contribution in [-0.2, 0) is 9.53 Å². The lowest BCUT2D eigenvalue weighted by atomic mass is 10.0. The zero-order valence-corrected chi connectivity index (χ0v) is 12.9. The van der Waals surface area contributed by atoms with Crippen molar-refractivity contribution in [1.82, 2.24) is 5.32 Å². The average Bonchev–Trinajstić information content (AvgIpc) is 3.01. The molecule has 1 aromatic carbocycles. The molecule has 0 aliphatic heterocycles. The second-order valence-corrected chi connectivity index (χ2v) is 5.66. The van der Waals surface area contributed by atoms with Crippen LogP contribution >= 0.6 is 22.9 Å². The number of esters is 1. The van der Waals surface area contributed by atoms with Gasteiger partial charge in [-0.25, -0.2) is 0 Å². The summed E-state index contributed by atoms with van der Waals surface area (Å²) < 4.78 is 4.68. The largest absolute Gasteiger partial charge is 0.469 e. The van der Waals surface area contributed by atoms with Crippen molar-refractivity contribution in [2.75, 3.05) is 7.11 Å². The van der Waals surface area contributed by atoms with Crippen molar-refractivity contribution >= 4 is 34.8 Å². The number of thiophene rings is 1. The maximum absolute atomic E-state index is 12.2. The lowest BCUT2D eigenvalue weighted by molar-refractivity contribution is -0.141. The number of hydrogen-bond acceptors (Lipinski definition) is 4. The molecule has 1 amide bonds. The van der Waals surface area contributed by atoms with E-state index in [2.05, 4.69) is 10.1 Å². The summed E-state index contributed by atoms with van der Waals surface area (Å²) in [6.45, 7) is 0. The van der Waals surface area contributed by atoms with Crippen LogP contribution in [0.4, 0.5) is 0 Å². The molecule has 0 radical (unpaired) electrons. The first-order chi connectivity index (χ1) is 10.1. The van der Waals surface area contributed by atoms with Gasteiger partial charge in [-0.15, -0.1) is 11.3 Å². The number of carbonyl (C=O) groups is 2. The third-order valence-corrected chi connectivity index (χ3v) is 4.14. The van der Waals surface area contributed by atoms with Crippen LogP contribution in [-0.4, -0.2) is 19.0 Å². The van der Waals surface area contributed by atoms with Crippen LogP contribution in [0.15, 0.2) is 41.8 Å². The van der Waals surface area contributed by atoms with E-state index in [1.807, 2.05) is 11.4 Å². The molecule has 1 heterocycles. The molecule has 0 fully saturated rings. The lowest BCUT2D eigenvalue weighted by Crippen LogP contribution is -2.30. The normalized spacial score (nSPS) is 11.7. The van der Waals surface area contributed by atoms with Gasteiger partial charge in [-0.2, -0.15) is 0 Å². The van der Waals surface area contributed by atoms with Crippen molar-refractivity contribution in [3.8, 4) is 0 Å². The molecule has 1 atom stereocenters. The van der Waals surface area contributed by atoms with Crippen molar-refractivity contribution in [2.24, 2.45) is 0 Å². The third-order valence-electron chi connectivity index (χ3n) is 2.93. The number of benzene rings is 1. The fraction of sp³-hybridized carbons (Fsp3) is 0.200. The quantitative estimate of drug-likeness (QED) is 0.858. The molecule has 0 aliphatic rings. The molecule has 0 saturated heterocycles. The molecule has 2 rings (SSSR count). The van der Waals surface area contributed by atoms with E-state index in [1.54, 1.807) is 30.3 Å². The highest BCUT2D eigenvalue weighted by atomic mass is 35.5. The number of hydrogen-bond donors (Lipinski definition) is 1. The first-order valence-electron chi connectivity index (χ1n) is 6.27. The topological polar surface area (TPSA) is 55.4 Å². The van der Waals surface area contributed by atoms with Crippen molar-refractivity contribution in [3.63, 3.8) is 0 Å². The SMILES string of the molecule is COC(=O)C[C@H](NC(=O)c1cccs1)c1ccccc1Cl. The number of amides is 1. The Balaban J connectivity index is 2.22. The summed E-state index contributed by atoms with van der Waals surface area (Å²) in [6, 6.07) is 10.1. The summed E-state index contributed by atoms with van der Waals surface area (Å²) in [5.74, 6) is -0.648. The molecule has 0 spiro atoms. The van der Waals surface area contributed by atoms with Crippen molar-refractivity contribution < 1.29 is 14.3 Å². The van der Waals surface area contributed by atoms with Crippen molar-refractivity contribution in [3.05, 3.63) is 57.2 Å². The fourth-order valence-electron chi connectivity index (χ4n) is 1.88. The van der Waals surface area contributed by atoms with Gasteiger partial charge >= 0.3 is 5.97 Å². The Morgan fingerprint density at radius 1 is 1.29 bits per heavy atom. The fourth-order valence-corrected chi connectivity index (χ4v) is 2.78. The van der Waals surface area contributed by atoms with Crippen LogP contribution in [0.5, 0.6) is 0 Å². The van der Waals surface area contributed by atoms with Crippen LogP contribution < -0.4 is 5.32 Å². The Kier molecular flexibility index (Phi) is 5.36. The second-order valence-electron chi connectivity index (χ2n) is 4.31. The highest BCUT2D eigenvalue weighted by Gasteiger charge is 2.21. The van der Waals surface area contributed by atoms with Gasteiger partial charge in [-0.1, -0.05) is 35.9 Å². The maximum Gasteiger partial charge on any atom is 0.307 e. The minimum absolute atomic E-state index is 0.0251. The van der Waals surface area contributed by atoms with E-state index in [0.29, 0.717) is 15.5 Å². The highest BCUT2D eigenvalue weighted by Crippen LogP contribution is 2.26. The standard InChI is InChI=1S/C15H14ClNO3S/c1-20-14(18)9-12(10-5-2-3-6-11(10)16)17-15(19)13-7-4-8-21-13/h2-8,12H,9H2,1H3,(H,17,19)/t12-/m0/s1. The molecule has 0 unspecified atom stereocenters. The molecular weight excluding hydrogens is 310 g/mol. The van der Waals surface area contributed by atoms with Gasteiger partial charge in [0.25, 0.3) is 5.91 Å². The van der Waals surface area contributed by atoms with Crippen LogP contribution in [0.25, 0.3) is 0 Å². The van der Waals surface area contributed by atoms with E-state index in [0.717, 1.165) is 0 Å². The Labute approximate surface area is 131 Å². The summed E-state index contributed by atoms with van der Waals surface area (Å²) in [5, 5.41) is 5.15. The molecule has 2 aromatic rings. The summed E-state index contributed by atoms with van der Waals surface area (Å²) in [5.41, 5.74) is 0.689.